The molecule has 5 fully saturated rings. The number of hydrogen-bond acceptors (Lipinski definition) is 10. The summed E-state index contributed by atoms with van der Waals surface area (Å²) < 4.78 is 56.2. The third-order valence-electron chi connectivity index (χ3n) is 13.0. The number of piperidine rings is 1. The Morgan fingerprint density at radius 1 is 0.944 bits per heavy atom. The molecule has 10 nitrogen and oxygen atoms in total. The molecule has 12 heteroatoms. The molecule has 2 aromatic carbocycles. The number of terminal acetylenes is 1. The Morgan fingerprint density at radius 2 is 1.78 bits per heavy atom. The van der Waals surface area contributed by atoms with E-state index in [2.05, 4.69) is 15.8 Å². The number of aromatic hydroxyl groups is 1. The number of fused-ring (bicyclic) bond motifs is 3. The molecule has 2 atom stereocenters. The molecule has 3 saturated heterocycles. The lowest BCUT2D eigenvalue weighted by molar-refractivity contribution is -0.143. The fourth-order valence-electron chi connectivity index (χ4n) is 10.2. The van der Waals surface area contributed by atoms with Crippen molar-refractivity contribution in [2.24, 2.45) is 10.8 Å². The second-order valence-corrected chi connectivity index (χ2v) is 16.1. The zero-order valence-electron chi connectivity index (χ0n) is 30.8. The third kappa shape index (κ3) is 5.99. The van der Waals surface area contributed by atoms with Crippen LogP contribution in [0.1, 0.15) is 69.8 Å². The van der Waals surface area contributed by atoms with E-state index in [0.29, 0.717) is 67.0 Å². The molecule has 4 aromatic rings. The SMILES string of the molecule is C#Cc1c(F)ccc2cc(O)cc(-c3nc(OC)c4c(N5CCCOCC5)nc(OC[C@]56CCC[C@H]5N(C5CCC7(CC5)COC7)CCC6)nc4c3F)c12. The lowest BCUT2D eigenvalue weighted by Crippen LogP contribution is -2.57. The summed E-state index contributed by atoms with van der Waals surface area (Å²) in [6, 6.07) is 6.60. The van der Waals surface area contributed by atoms with Crippen molar-refractivity contribution >= 4 is 27.5 Å². The Balaban J connectivity index is 1.12. The van der Waals surface area contributed by atoms with E-state index in [1.807, 2.05) is 4.90 Å². The first-order chi connectivity index (χ1) is 26.3. The van der Waals surface area contributed by atoms with Crippen LogP contribution < -0.4 is 14.4 Å². The lowest BCUT2D eigenvalue weighted by atomic mass is 9.69. The molecule has 2 saturated carbocycles. The number of ether oxygens (including phenoxy) is 4. The fourth-order valence-corrected chi connectivity index (χ4v) is 10.2. The number of nitrogens with zero attached hydrogens (tertiary/aromatic N) is 5. The van der Waals surface area contributed by atoms with E-state index in [4.69, 9.17) is 35.3 Å². The Kier molecular flexibility index (Phi) is 9.23. The zero-order chi connectivity index (χ0) is 37.0. The van der Waals surface area contributed by atoms with Gasteiger partial charge in [0, 0.05) is 53.6 Å². The van der Waals surface area contributed by atoms with Crippen molar-refractivity contribution in [1.29, 1.82) is 0 Å². The highest BCUT2D eigenvalue weighted by atomic mass is 19.1. The van der Waals surface area contributed by atoms with Gasteiger partial charge in [0.25, 0.3) is 0 Å². The van der Waals surface area contributed by atoms with Crippen molar-refractivity contribution in [2.75, 3.05) is 64.7 Å². The maximum absolute atomic E-state index is 17.3. The standard InChI is InChI=1S/C42H47F2N5O5/c1-3-29-31(43)9-8-26-21-28(50)22-30(33(26)29)36-35(44)37-34(39(45-36)51-2)38(48-16-6-19-52-20-18-48)47-40(46-37)54-25-42-12-4-7-32(42)49(17-5-13-42)27-10-14-41(15-11-27)23-53-24-41/h1,8-9,21-22,27,32,50H,4-7,10-20,23-25H2,2H3/t32-,42-/m1/s1. The molecule has 3 aliphatic heterocycles. The van der Waals surface area contributed by atoms with Gasteiger partial charge in [-0.3, -0.25) is 4.90 Å². The van der Waals surface area contributed by atoms with E-state index in [1.165, 1.54) is 57.1 Å². The number of methoxy groups -OCH3 is 1. The predicted molar refractivity (Wildman–Crippen MR) is 201 cm³/mol. The first kappa shape index (κ1) is 35.4. The van der Waals surface area contributed by atoms with Gasteiger partial charge in [-0.15, -0.1) is 6.42 Å². The van der Waals surface area contributed by atoms with Gasteiger partial charge in [-0.05, 0) is 87.9 Å². The normalized spacial score (nSPS) is 24.6. The number of halogens is 2. The minimum atomic E-state index is -0.780. The summed E-state index contributed by atoms with van der Waals surface area (Å²) in [5.74, 6) is 1.38. The quantitative estimate of drug-likeness (QED) is 0.199. The van der Waals surface area contributed by atoms with Gasteiger partial charge in [-0.1, -0.05) is 18.4 Å². The van der Waals surface area contributed by atoms with Crippen LogP contribution in [0.15, 0.2) is 24.3 Å². The summed E-state index contributed by atoms with van der Waals surface area (Å²) in [6.45, 7) is 5.60. The van der Waals surface area contributed by atoms with Crippen LogP contribution in [0.5, 0.6) is 17.6 Å². The van der Waals surface area contributed by atoms with Gasteiger partial charge in [0.2, 0.25) is 5.88 Å². The smallest absolute Gasteiger partial charge is 0.319 e. The van der Waals surface area contributed by atoms with Crippen LogP contribution in [-0.2, 0) is 9.47 Å². The Labute approximate surface area is 314 Å². The summed E-state index contributed by atoms with van der Waals surface area (Å²) in [7, 11) is 1.45. The number of phenolic OH excluding ortho intramolecular Hbond substituents is 1. The summed E-state index contributed by atoms with van der Waals surface area (Å²) in [4.78, 5) is 19.2. The van der Waals surface area contributed by atoms with Crippen LogP contribution in [0.3, 0.4) is 0 Å². The highest BCUT2D eigenvalue weighted by Gasteiger charge is 2.52. The third-order valence-corrected chi connectivity index (χ3v) is 13.0. The van der Waals surface area contributed by atoms with Gasteiger partial charge >= 0.3 is 6.01 Å². The highest BCUT2D eigenvalue weighted by Crippen LogP contribution is 2.52. The van der Waals surface area contributed by atoms with Gasteiger partial charge in [-0.2, -0.15) is 9.97 Å². The van der Waals surface area contributed by atoms with Gasteiger partial charge < -0.3 is 29.0 Å². The molecule has 1 spiro atoms. The maximum Gasteiger partial charge on any atom is 0.319 e. The predicted octanol–water partition coefficient (Wildman–Crippen LogP) is 7.02. The van der Waals surface area contributed by atoms with Crippen molar-refractivity contribution in [2.45, 2.75) is 76.3 Å². The Hall–Kier alpha value is -4.31. The summed E-state index contributed by atoms with van der Waals surface area (Å²) in [6.07, 6.45) is 17.0. The molecule has 1 N–H and O–H groups in total. The fraction of sp³-hybridized carbons (Fsp3) is 0.548. The van der Waals surface area contributed by atoms with E-state index < -0.39 is 11.6 Å². The van der Waals surface area contributed by atoms with Crippen LogP contribution in [-0.4, -0.2) is 96.8 Å². The first-order valence-electron chi connectivity index (χ1n) is 19.5. The molecular formula is C42H47F2N5O5. The van der Waals surface area contributed by atoms with E-state index >= 15 is 8.78 Å². The molecule has 284 valence electrons. The Bertz CT molecular complexity index is 2120. The van der Waals surface area contributed by atoms with Gasteiger partial charge in [0.05, 0.1) is 39.1 Å². The van der Waals surface area contributed by atoms with Crippen LogP contribution in [0.4, 0.5) is 14.6 Å². The summed E-state index contributed by atoms with van der Waals surface area (Å²) in [5, 5.41) is 11.7. The van der Waals surface area contributed by atoms with Gasteiger partial charge in [-0.25, -0.2) is 13.8 Å². The number of benzene rings is 2. The largest absolute Gasteiger partial charge is 0.508 e. The van der Waals surface area contributed by atoms with E-state index in [1.54, 1.807) is 0 Å². The van der Waals surface area contributed by atoms with Gasteiger partial charge in [0.15, 0.2) is 5.82 Å². The first-order valence-corrected chi connectivity index (χ1v) is 19.5. The minimum absolute atomic E-state index is 0.0426. The van der Waals surface area contributed by atoms with Crippen molar-refractivity contribution in [3.8, 4) is 41.2 Å². The average Bonchev–Trinajstić information content (AvgIpc) is 3.43. The number of aromatic nitrogens is 3. The molecule has 0 unspecified atom stereocenters. The lowest BCUT2D eigenvalue weighted by Gasteiger charge is -2.53. The molecule has 9 rings (SSSR count). The minimum Gasteiger partial charge on any atom is -0.508 e. The van der Waals surface area contributed by atoms with Crippen molar-refractivity contribution < 1.29 is 32.8 Å². The van der Waals surface area contributed by atoms with Crippen molar-refractivity contribution in [1.82, 2.24) is 19.9 Å². The van der Waals surface area contributed by atoms with Crippen LogP contribution in [0, 0.1) is 34.8 Å². The van der Waals surface area contributed by atoms with Crippen LogP contribution in [0.25, 0.3) is 32.9 Å². The van der Waals surface area contributed by atoms with Crippen LogP contribution in [0.2, 0.25) is 0 Å². The molecule has 2 aromatic heterocycles. The molecule has 0 bridgehead atoms. The summed E-state index contributed by atoms with van der Waals surface area (Å²) >= 11 is 0. The second-order valence-electron chi connectivity index (χ2n) is 16.1. The van der Waals surface area contributed by atoms with E-state index in [-0.39, 0.29) is 50.8 Å². The molecule has 5 aliphatic rings. The molecule has 54 heavy (non-hydrogen) atoms. The maximum atomic E-state index is 17.3. The van der Waals surface area contributed by atoms with Crippen LogP contribution >= 0.6 is 0 Å². The average molecular weight is 740 g/mol. The number of hydrogen-bond donors (Lipinski definition) is 1. The second kappa shape index (κ2) is 14.1. The van der Waals surface area contributed by atoms with E-state index in [9.17, 15) is 5.11 Å². The molecule has 0 amide bonds. The molecular weight excluding hydrogens is 692 g/mol. The van der Waals surface area contributed by atoms with Crippen molar-refractivity contribution in [3.63, 3.8) is 0 Å². The highest BCUT2D eigenvalue weighted by molar-refractivity contribution is 6.04. The van der Waals surface area contributed by atoms with Crippen molar-refractivity contribution in [3.05, 3.63) is 41.5 Å². The topological polar surface area (TPSA) is 102 Å². The number of anilines is 1. The number of pyridine rings is 1. The molecule has 5 heterocycles. The molecule has 2 aliphatic carbocycles. The summed E-state index contributed by atoms with van der Waals surface area (Å²) in [5.41, 5.74) is 0.202. The number of phenols is 1. The zero-order valence-corrected chi connectivity index (χ0v) is 30.8. The van der Waals surface area contributed by atoms with Gasteiger partial charge in [0.1, 0.15) is 34.0 Å². The molecule has 0 radical (unpaired) electrons. The monoisotopic (exact) mass is 739 g/mol. The Morgan fingerprint density at radius 3 is 2.56 bits per heavy atom. The van der Waals surface area contributed by atoms with E-state index in [0.717, 1.165) is 58.3 Å². The number of rotatable bonds is 7. The number of likely N-dealkylation sites (tertiary alicyclic amines) is 1.